The lowest BCUT2D eigenvalue weighted by Crippen LogP contribution is -2.56. The van der Waals surface area contributed by atoms with Crippen molar-refractivity contribution in [3.63, 3.8) is 0 Å². The first-order valence-corrected chi connectivity index (χ1v) is 22.7. The van der Waals surface area contributed by atoms with Crippen LogP contribution in [0.2, 0.25) is 0 Å². The van der Waals surface area contributed by atoms with Crippen molar-refractivity contribution in [2.75, 3.05) is 14.7 Å². The predicted octanol–water partition coefficient (Wildman–Crippen LogP) is 16.5. The fourth-order valence-electron chi connectivity index (χ4n) is 11.0. The summed E-state index contributed by atoms with van der Waals surface area (Å²) in [5.41, 5.74) is 21.5. The van der Waals surface area contributed by atoms with Gasteiger partial charge in [0.2, 0.25) is 0 Å². The molecule has 8 rings (SSSR count). The Balaban J connectivity index is 1.36. The number of para-hydroxylation sites is 1. The zero-order valence-electron chi connectivity index (χ0n) is 38.3. The number of fused-ring (bicyclic) bond motifs is 3. The lowest BCUT2D eigenvalue weighted by Gasteiger charge is -2.51. The Kier molecular flexibility index (Phi) is 10.7. The molecule has 0 bridgehead atoms. The van der Waals surface area contributed by atoms with Crippen LogP contribution in [0.4, 0.5) is 39.8 Å². The molecule has 3 nitrogen and oxygen atoms in total. The van der Waals surface area contributed by atoms with Crippen LogP contribution in [0.15, 0.2) is 108 Å². The van der Waals surface area contributed by atoms with E-state index in [9.17, 15) is 0 Å². The van der Waals surface area contributed by atoms with Gasteiger partial charge in [-0.1, -0.05) is 115 Å². The minimum atomic E-state index is 0.0575. The van der Waals surface area contributed by atoms with E-state index in [-0.39, 0.29) is 16.4 Å². The van der Waals surface area contributed by atoms with Crippen molar-refractivity contribution in [1.82, 2.24) is 0 Å². The maximum atomic E-state index is 2.88. The summed E-state index contributed by atoms with van der Waals surface area (Å²) in [6.45, 7) is 28.3. The van der Waals surface area contributed by atoms with Crippen LogP contribution in [0.5, 0.6) is 0 Å². The number of hydrogen-bond donors (Lipinski definition) is 0. The molecule has 5 aromatic rings. The molecule has 5 aromatic carbocycles. The smallest absolute Gasteiger partial charge is 0.0514 e. The summed E-state index contributed by atoms with van der Waals surface area (Å²) in [4.78, 5) is 7.97. The molecule has 0 saturated heterocycles. The third-order valence-corrected chi connectivity index (χ3v) is 14.9. The number of allylic oxidation sites excluding steroid dienone is 2. The first kappa shape index (κ1) is 41.0. The van der Waals surface area contributed by atoms with Gasteiger partial charge in [0.1, 0.15) is 0 Å². The van der Waals surface area contributed by atoms with Gasteiger partial charge in [-0.25, -0.2) is 0 Å². The van der Waals surface area contributed by atoms with Crippen molar-refractivity contribution in [2.45, 2.75) is 157 Å². The third-order valence-electron chi connectivity index (χ3n) is 14.9. The molecule has 0 N–H and O–H groups in total. The zero-order valence-corrected chi connectivity index (χ0v) is 38.3. The van der Waals surface area contributed by atoms with E-state index in [4.69, 9.17) is 0 Å². The second-order valence-corrected chi connectivity index (χ2v) is 20.1. The van der Waals surface area contributed by atoms with Gasteiger partial charge in [-0.2, -0.15) is 0 Å². The fraction of sp³-hybridized carbons (Fsp3) is 0.429. The predicted molar refractivity (Wildman–Crippen MR) is 255 cm³/mol. The zero-order chi connectivity index (χ0) is 42.0. The van der Waals surface area contributed by atoms with Crippen molar-refractivity contribution < 1.29 is 0 Å². The lowest BCUT2D eigenvalue weighted by atomic mass is 9.61. The number of benzene rings is 5. The summed E-state index contributed by atoms with van der Waals surface area (Å²) < 4.78 is 0. The van der Waals surface area contributed by atoms with Crippen LogP contribution in [0.25, 0.3) is 0 Å². The Morgan fingerprint density at radius 3 is 1.88 bits per heavy atom. The summed E-state index contributed by atoms with van der Waals surface area (Å²) in [5.74, 6) is 0.467. The van der Waals surface area contributed by atoms with E-state index in [1.807, 2.05) is 0 Å². The lowest BCUT2D eigenvalue weighted by molar-refractivity contribution is 0.189. The molecule has 0 radical (unpaired) electrons. The monoisotopic (exact) mass is 784 g/mol. The molecule has 0 amide bonds. The van der Waals surface area contributed by atoms with E-state index < -0.39 is 0 Å². The molecule has 1 fully saturated rings. The van der Waals surface area contributed by atoms with Gasteiger partial charge in [0.05, 0.1) is 22.6 Å². The summed E-state index contributed by atoms with van der Waals surface area (Å²) in [6.07, 6.45) is 10.0. The van der Waals surface area contributed by atoms with Crippen molar-refractivity contribution in [3.8, 4) is 0 Å². The van der Waals surface area contributed by atoms with Gasteiger partial charge in [-0.05, 0) is 173 Å². The van der Waals surface area contributed by atoms with Crippen LogP contribution in [0.1, 0.15) is 152 Å². The highest BCUT2D eigenvalue weighted by atomic mass is 15.3. The number of anilines is 7. The van der Waals surface area contributed by atoms with Crippen LogP contribution in [0, 0.1) is 27.7 Å². The van der Waals surface area contributed by atoms with Crippen LogP contribution in [-0.2, 0) is 10.8 Å². The van der Waals surface area contributed by atoms with Crippen molar-refractivity contribution >= 4 is 39.8 Å². The molecule has 308 valence electrons. The standard InChI is InChI=1S/C56H69N3/c1-37(2)43-26-31-48(40(5)34-43)57(45-29-27-44(28-30-45)54(8,9)10)50-24-19-25-51(42(50)7)58(47-22-15-13-20-38(47)3)52-36-53-46(35-41(52)6)55(11)32-17-18-33-56(55,12)59(53)49-23-16-14-21-39(49)4/h13,15,19-20,22,24-31,34-37H,14,16-18,21,23,32-33H2,1-12H3. The van der Waals surface area contributed by atoms with E-state index in [1.54, 1.807) is 16.8 Å². The third kappa shape index (κ3) is 6.91. The van der Waals surface area contributed by atoms with Crippen molar-refractivity contribution in [3.05, 3.63) is 147 Å². The Labute approximate surface area is 357 Å². The molecule has 3 aliphatic rings. The average molecular weight is 784 g/mol. The van der Waals surface area contributed by atoms with E-state index in [0.717, 1.165) is 0 Å². The molecular formula is C56H69N3. The van der Waals surface area contributed by atoms with Crippen LogP contribution < -0.4 is 14.7 Å². The molecule has 1 heterocycles. The largest absolute Gasteiger partial charge is 0.338 e. The van der Waals surface area contributed by atoms with E-state index in [1.165, 1.54) is 125 Å². The fourth-order valence-corrected chi connectivity index (χ4v) is 11.0. The summed E-state index contributed by atoms with van der Waals surface area (Å²) >= 11 is 0. The van der Waals surface area contributed by atoms with Gasteiger partial charge in [0, 0.05) is 33.9 Å². The summed E-state index contributed by atoms with van der Waals surface area (Å²) in [5, 5.41) is 0. The maximum Gasteiger partial charge on any atom is 0.0514 e. The van der Waals surface area contributed by atoms with E-state index >= 15 is 0 Å². The molecule has 2 atom stereocenters. The van der Waals surface area contributed by atoms with Crippen molar-refractivity contribution in [2.24, 2.45) is 0 Å². The summed E-state index contributed by atoms with van der Waals surface area (Å²) in [7, 11) is 0. The molecule has 2 aliphatic carbocycles. The molecule has 59 heavy (non-hydrogen) atoms. The highest BCUT2D eigenvalue weighted by Gasteiger charge is 2.58. The van der Waals surface area contributed by atoms with Gasteiger partial charge in [-0.15, -0.1) is 0 Å². The Morgan fingerprint density at radius 2 is 1.22 bits per heavy atom. The van der Waals surface area contributed by atoms with Gasteiger partial charge >= 0.3 is 0 Å². The van der Waals surface area contributed by atoms with Crippen LogP contribution in [0.3, 0.4) is 0 Å². The number of hydrogen-bond acceptors (Lipinski definition) is 3. The Bertz CT molecular complexity index is 2410. The van der Waals surface area contributed by atoms with E-state index in [2.05, 4.69) is 195 Å². The van der Waals surface area contributed by atoms with Crippen molar-refractivity contribution in [1.29, 1.82) is 0 Å². The second kappa shape index (κ2) is 15.4. The first-order valence-electron chi connectivity index (χ1n) is 22.7. The highest BCUT2D eigenvalue weighted by molar-refractivity contribution is 5.90. The highest BCUT2D eigenvalue weighted by Crippen LogP contribution is 2.62. The minimum Gasteiger partial charge on any atom is -0.338 e. The normalized spacial score (nSPS) is 20.5. The molecule has 2 unspecified atom stereocenters. The molecule has 0 spiro atoms. The number of nitrogens with zero attached hydrogens (tertiary/aromatic N) is 3. The SMILES string of the molecule is CC1=C(N2c3cc(N(c4ccccc4C)c4cccc(N(c5ccc(C(C)(C)C)cc5)c5ccc(C(C)C)cc5C)c4C)c(C)cc3C3(C)CCCCC23C)CCCC1. The minimum absolute atomic E-state index is 0.0575. The number of aryl methyl sites for hydroxylation is 3. The first-order chi connectivity index (χ1) is 28.0. The summed E-state index contributed by atoms with van der Waals surface area (Å²) in [6, 6.07) is 37.5. The number of rotatable bonds is 8. The molecule has 1 aliphatic heterocycles. The maximum absolute atomic E-state index is 2.88. The van der Waals surface area contributed by atoms with Gasteiger partial charge in [-0.3, -0.25) is 0 Å². The van der Waals surface area contributed by atoms with Gasteiger partial charge in [0.25, 0.3) is 0 Å². The second-order valence-electron chi connectivity index (χ2n) is 20.1. The topological polar surface area (TPSA) is 9.72 Å². The van der Waals surface area contributed by atoms with Gasteiger partial charge in [0.15, 0.2) is 0 Å². The Morgan fingerprint density at radius 1 is 0.593 bits per heavy atom. The van der Waals surface area contributed by atoms with Gasteiger partial charge < -0.3 is 14.7 Å². The molecule has 1 saturated carbocycles. The molecule has 3 heteroatoms. The molecule has 0 aromatic heterocycles. The van der Waals surface area contributed by atoms with Crippen LogP contribution in [-0.4, -0.2) is 5.54 Å². The molecular weight excluding hydrogens is 715 g/mol. The Hall–Kier alpha value is -4.76. The quantitative estimate of drug-likeness (QED) is 0.155. The van der Waals surface area contributed by atoms with Crippen LogP contribution >= 0.6 is 0 Å². The average Bonchev–Trinajstić information content (AvgIpc) is 3.39. The van der Waals surface area contributed by atoms with E-state index in [0.29, 0.717) is 5.92 Å².